The Morgan fingerprint density at radius 3 is 2.09 bits per heavy atom. The van der Waals surface area contributed by atoms with Crippen molar-refractivity contribution in [2.75, 3.05) is 26.2 Å². The summed E-state index contributed by atoms with van der Waals surface area (Å²) in [7, 11) is 0. The van der Waals surface area contributed by atoms with Crippen molar-refractivity contribution in [2.24, 2.45) is 22.7 Å². The third-order valence-electron chi connectivity index (χ3n) is 8.15. The molecule has 1 saturated heterocycles. The summed E-state index contributed by atoms with van der Waals surface area (Å²) >= 11 is 0. The van der Waals surface area contributed by atoms with E-state index in [1.165, 1.54) is 4.90 Å². The highest BCUT2D eigenvalue weighted by molar-refractivity contribution is 6.03. The number of carbonyl (C=O) groups is 7. The predicted molar refractivity (Wildman–Crippen MR) is 179 cm³/mol. The van der Waals surface area contributed by atoms with Gasteiger partial charge >= 0.3 is 0 Å². The van der Waals surface area contributed by atoms with E-state index in [9.17, 15) is 33.6 Å². The van der Waals surface area contributed by atoms with E-state index in [2.05, 4.69) is 16.0 Å². The van der Waals surface area contributed by atoms with Gasteiger partial charge in [0.05, 0.1) is 19.0 Å². The van der Waals surface area contributed by atoms with Gasteiger partial charge in [-0.1, -0.05) is 78.3 Å². The summed E-state index contributed by atoms with van der Waals surface area (Å²) in [6.45, 7) is 12.2. The lowest BCUT2D eigenvalue weighted by molar-refractivity contribution is -0.140. The molecular weight excluding hydrogens is 600 g/mol. The Labute approximate surface area is 279 Å². The molecular formula is C36H54N4O7. The van der Waals surface area contributed by atoms with E-state index in [4.69, 9.17) is 0 Å². The maximum absolute atomic E-state index is 13.0. The predicted octanol–water partition coefficient (Wildman–Crippen LogP) is 3.53. The second kappa shape index (κ2) is 18.4. The summed E-state index contributed by atoms with van der Waals surface area (Å²) in [5.74, 6) is -2.83. The van der Waals surface area contributed by atoms with Gasteiger partial charge in [-0.25, -0.2) is 0 Å². The normalized spacial score (nSPS) is 15.7. The van der Waals surface area contributed by atoms with Crippen LogP contribution in [0.15, 0.2) is 30.3 Å². The SMILES string of the molecule is CC(C)(C)CNC(=O)CNC(=O)[C@H](CC(=O)CNC(=O)CCC(=O)CCCCCN1C(=O)CC(C(C)(C)C)C1=O)Cc1ccccc1. The number of unbranched alkanes of at least 4 members (excludes halogenated alkanes) is 2. The summed E-state index contributed by atoms with van der Waals surface area (Å²) in [4.78, 5) is 88.8. The molecule has 5 amide bonds. The van der Waals surface area contributed by atoms with Gasteiger partial charge in [0.2, 0.25) is 29.5 Å². The molecule has 0 aliphatic carbocycles. The first-order chi connectivity index (χ1) is 22.0. The van der Waals surface area contributed by atoms with Crippen LogP contribution in [0.3, 0.4) is 0 Å². The zero-order valence-corrected chi connectivity index (χ0v) is 29.0. The van der Waals surface area contributed by atoms with Crippen molar-refractivity contribution < 1.29 is 33.6 Å². The highest BCUT2D eigenvalue weighted by Gasteiger charge is 2.44. The van der Waals surface area contributed by atoms with Gasteiger partial charge in [0, 0.05) is 51.1 Å². The second-order valence-electron chi connectivity index (χ2n) is 14.8. The Bertz CT molecular complexity index is 1260. The third kappa shape index (κ3) is 15.0. The number of likely N-dealkylation sites (tertiary alicyclic amines) is 1. The molecule has 0 bridgehead atoms. The average Bonchev–Trinajstić information content (AvgIpc) is 3.29. The number of nitrogens with zero attached hydrogens (tertiary/aromatic N) is 1. The Morgan fingerprint density at radius 1 is 0.787 bits per heavy atom. The van der Waals surface area contributed by atoms with Gasteiger partial charge in [0.15, 0.2) is 5.78 Å². The molecule has 11 heteroatoms. The topological polar surface area (TPSA) is 159 Å². The molecule has 2 atom stereocenters. The molecule has 1 unspecified atom stereocenters. The average molecular weight is 655 g/mol. The Balaban J connectivity index is 1.70. The van der Waals surface area contributed by atoms with E-state index >= 15 is 0 Å². The molecule has 260 valence electrons. The molecule has 0 spiro atoms. The van der Waals surface area contributed by atoms with E-state index < -0.39 is 17.7 Å². The minimum atomic E-state index is -0.722. The summed E-state index contributed by atoms with van der Waals surface area (Å²) in [5.41, 5.74) is 0.504. The summed E-state index contributed by atoms with van der Waals surface area (Å²) in [6, 6.07) is 9.25. The van der Waals surface area contributed by atoms with E-state index in [-0.39, 0.29) is 84.8 Å². The standard InChI is InChI=1S/C36H54N4O7/c1-35(2,3)24-39-31(44)23-38-33(46)26(19-25-13-9-7-10-14-25)20-28(42)22-37-30(43)17-16-27(41)15-11-8-12-18-40-32(45)21-29(34(40)47)36(4,5)6/h7,9-10,13-14,26,29H,8,11-12,15-24H2,1-6H3,(H,37,43)(H,38,46)(H,39,44)/t26-,29?/m0/s1. The summed E-state index contributed by atoms with van der Waals surface area (Å²) in [5, 5.41) is 7.96. The number of Topliss-reactive ketones (excluding diaryl/α,β-unsaturated/α-hetero) is 2. The first-order valence-electron chi connectivity index (χ1n) is 16.7. The molecule has 0 saturated carbocycles. The number of hydrogen-bond acceptors (Lipinski definition) is 7. The van der Waals surface area contributed by atoms with Crippen LogP contribution in [0.5, 0.6) is 0 Å². The number of ketones is 2. The van der Waals surface area contributed by atoms with Crippen LogP contribution >= 0.6 is 0 Å². The monoisotopic (exact) mass is 654 g/mol. The zero-order valence-electron chi connectivity index (χ0n) is 29.0. The van der Waals surface area contributed by atoms with Crippen molar-refractivity contribution in [3.8, 4) is 0 Å². The van der Waals surface area contributed by atoms with Crippen LogP contribution in [0.1, 0.15) is 98.5 Å². The van der Waals surface area contributed by atoms with Gasteiger partial charge in [0.1, 0.15) is 5.78 Å². The molecule has 1 aromatic carbocycles. The van der Waals surface area contributed by atoms with Crippen molar-refractivity contribution in [3.63, 3.8) is 0 Å². The molecule has 2 rings (SSSR count). The number of hydrogen-bond donors (Lipinski definition) is 3. The Hall–Kier alpha value is -3.89. The summed E-state index contributed by atoms with van der Waals surface area (Å²) in [6.07, 6.45) is 2.63. The van der Waals surface area contributed by atoms with Gasteiger partial charge < -0.3 is 16.0 Å². The molecule has 0 aromatic heterocycles. The first kappa shape index (κ1) is 39.3. The fourth-order valence-corrected chi connectivity index (χ4v) is 5.27. The van der Waals surface area contributed by atoms with Crippen molar-refractivity contribution in [2.45, 2.75) is 99.3 Å². The maximum atomic E-state index is 13.0. The lowest BCUT2D eigenvalue weighted by atomic mass is 9.80. The third-order valence-corrected chi connectivity index (χ3v) is 8.15. The molecule has 47 heavy (non-hydrogen) atoms. The maximum Gasteiger partial charge on any atom is 0.239 e. The van der Waals surface area contributed by atoms with Crippen LogP contribution in [0.2, 0.25) is 0 Å². The fraction of sp³-hybridized carbons (Fsp3) is 0.639. The second-order valence-corrected chi connectivity index (χ2v) is 14.8. The van der Waals surface area contributed by atoms with Crippen LogP contribution in [0.25, 0.3) is 0 Å². The van der Waals surface area contributed by atoms with Gasteiger partial charge in [-0.2, -0.15) is 0 Å². The van der Waals surface area contributed by atoms with Crippen molar-refractivity contribution in [3.05, 3.63) is 35.9 Å². The van der Waals surface area contributed by atoms with E-state index in [0.29, 0.717) is 45.2 Å². The highest BCUT2D eigenvalue weighted by atomic mass is 16.2. The van der Waals surface area contributed by atoms with E-state index in [1.54, 1.807) is 0 Å². The Kier molecular flexibility index (Phi) is 15.4. The number of amides is 5. The zero-order chi connectivity index (χ0) is 35.2. The first-order valence-corrected chi connectivity index (χ1v) is 16.7. The number of rotatable bonds is 19. The number of carbonyl (C=O) groups excluding carboxylic acids is 7. The van der Waals surface area contributed by atoms with Crippen LogP contribution < -0.4 is 16.0 Å². The molecule has 3 N–H and O–H groups in total. The van der Waals surface area contributed by atoms with E-state index in [1.807, 2.05) is 71.9 Å². The van der Waals surface area contributed by atoms with Crippen LogP contribution in [-0.2, 0) is 40.0 Å². The highest BCUT2D eigenvalue weighted by Crippen LogP contribution is 2.35. The molecule has 1 aromatic rings. The molecule has 0 radical (unpaired) electrons. The minimum Gasteiger partial charge on any atom is -0.354 e. The largest absolute Gasteiger partial charge is 0.354 e. The number of imide groups is 1. The Morgan fingerprint density at radius 2 is 1.47 bits per heavy atom. The molecule has 1 heterocycles. The quantitative estimate of drug-likeness (QED) is 0.152. The van der Waals surface area contributed by atoms with Gasteiger partial charge in [-0.15, -0.1) is 0 Å². The fourth-order valence-electron chi connectivity index (χ4n) is 5.27. The van der Waals surface area contributed by atoms with Gasteiger partial charge in [-0.3, -0.25) is 38.5 Å². The molecule has 1 aliphatic rings. The minimum absolute atomic E-state index is 0.0469. The number of nitrogens with one attached hydrogen (secondary N) is 3. The summed E-state index contributed by atoms with van der Waals surface area (Å²) < 4.78 is 0. The lowest BCUT2D eigenvalue weighted by Crippen LogP contribution is -2.43. The smallest absolute Gasteiger partial charge is 0.239 e. The lowest BCUT2D eigenvalue weighted by Gasteiger charge is -2.24. The van der Waals surface area contributed by atoms with Crippen molar-refractivity contribution >= 4 is 41.1 Å². The van der Waals surface area contributed by atoms with Crippen LogP contribution in [0.4, 0.5) is 0 Å². The number of benzene rings is 1. The van der Waals surface area contributed by atoms with E-state index in [0.717, 1.165) is 5.56 Å². The van der Waals surface area contributed by atoms with Gasteiger partial charge in [0.25, 0.3) is 0 Å². The molecule has 1 fully saturated rings. The van der Waals surface area contributed by atoms with Crippen LogP contribution in [-0.4, -0.2) is 72.2 Å². The van der Waals surface area contributed by atoms with Gasteiger partial charge in [-0.05, 0) is 35.7 Å². The van der Waals surface area contributed by atoms with Crippen molar-refractivity contribution in [1.29, 1.82) is 0 Å². The van der Waals surface area contributed by atoms with Crippen molar-refractivity contribution in [1.82, 2.24) is 20.9 Å². The molecule has 11 nitrogen and oxygen atoms in total. The van der Waals surface area contributed by atoms with Crippen LogP contribution in [0, 0.1) is 22.7 Å². The molecule has 1 aliphatic heterocycles.